The zero-order valence-corrected chi connectivity index (χ0v) is 14.0. The minimum Gasteiger partial charge on any atom is -0.379 e. The Morgan fingerprint density at radius 1 is 1.25 bits per heavy atom. The smallest absolute Gasteiger partial charge is 0.0594 e. The fraction of sp³-hybridized carbons (Fsp3) is 1.00. The summed E-state index contributed by atoms with van der Waals surface area (Å²) in [6.07, 6.45) is 5.40. The van der Waals surface area contributed by atoms with Gasteiger partial charge in [-0.15, -0.1) is 0 Å². The lowest BCUT2D eigenvalue weighted by Gasteiger charge is -2.37. The molecule has 1 saturated heterocycles. The lowest BCUT2D eigenvalue weighted by Crippen LogP contribution is -2.51. The van der Waals surface area contributed by atoms with E-state index in [-0.39, 0.29) is 0 Å². The number of nitrogens with zero attached hydrogens (tertiary/aromatic N) is 1. The van der Waals surface area contributed by atoms with Gasteiger partial charge >= 0.3 is 0 Å². The minimum absolute atomic E-state index is 0.480. The van der Waals surface area contributed by atoms with Crippen LogP contribution in [0.2, 0.25) is 0 Å². The number of hydrogen-bond donors (Lipinski definition) is 1. The van der Waals surface area contributed by atoms with Crippen molar-refractivity contribution in [1.29, 1.82) is 0 Å². The monoisotopic (exact) mass is 282 g/mol. The van der Waals surface area contributed by atoms with Gasteiger partial charge < -0.3 is 10.1 Å². The van der Waals surface area contributed by atoms with Crippen LogP contribution in [0, 0.1) is 11.3 Å². The van der Waals surface area contributed by atoms with Crippen molar-refractivity contribution in [1.82, 2.24) is 10.2 Å². The number of nitrogens with one attached hydrogen (secondary N) is 1. The molecule has 1 aliphatic heterocycles. The quantitative estimate of drug-likeness (QED) is 0.811. The molecule has 0 amide bonds. The van der Waals surface area contributed by atoms with Gasteiger partial charge in [0.25, 0.3) is 0 Å². The van der Waals surface area contributed by atoms with Crippen LogP contribution < -0.4 is 5.32 Å². The largest absolute Gasteiger partial charge is 0.379 e. The molecule has 1 saturated carbocycles. The van der Waals surface area contributed by atoms with Gasteiger partial charge in [0, 0.05) is 31.7 Å². The maximum Gasteiger partial charge on any atom is 0.0594 e. The number of hydrogen-bond acceptors (Lipinski definition) is 3. The molecule has 1 heterocycles. The van der Waals surface area contributed by atoms with Crippen molar-refractivity contribution in [2.75, 3.05) is 32.8 Å². The van der Waals surface area contributed by atoms with E-state index in [2.05, 4.69) is 37.9 Å². The highest BCUT2D eigenvalue weighted by molar-refractivity contribution is 4.91. The van der Waals surface area contributed by atoms with Crippen LogP contribution in [0.15, 0.2) is 0 Å². The highest BCUT2D eigenvalue weighted by atomic mass is 16.5. The van der Waals surface area contributed by atoms with Crippen molar-refractivity contribution in [3.63, 3.8) is 0 Å². The van der Waals surface area contributed by atoms with Crippen LogP contribution in [-0.2, 0) is 4.74 Å². The highest BCUT2D eigenvalue weighted by Gasteiger charge is 2.34. The Hall–Kier alpha value is -0.120. The van der Waals surface area contributed by atoms with Gasteiger partial charge in [-0.3, -0.25) is 4.90 Å². The minimum atomic E-state index is 0.480. The Morgan fingerprint density at radius 3 is 2.50 bits per heavy atom. The van der Waals surface area contributed by atoms with Gasteiger partial charge in [-0.05, 0) is 30.6 Å². The van der Waals surface area contributed by atoms with Crippen LogP contribution >= 0.6 is 0 Å². The summed E-state index contributed by atoms with van der Waals surface area (Å²) in [5, 5.41) is 3.89. The van der Waals surface area contributed by atoms with Crippen LogP contribution in [0.25, 0.3) is 0 Å². The van der Waals surface area contributed by atoms with Crippen molar-refractivity contribution in [3.8, 4) is 0 Å². The van der Waals surface area contributed by atoms with Crippen molar-refractivity contribution < 1.29 is 4.74 Å². The first kappa shape index (κ1) is 16.3. The predicted octanol–water partition coefficient (Wildman–Crippen LogP) is 2.90. The topological polar surface area (TPSA) is 24.5 Å². The second-order valence-corrected chi connectivity index (χ2v) is 7.77. The van der Waals surface area contributed by atoms with Gasteiger partial charge in [0.2, 0.25) is 0 Å². The fourth-order valence-electron chi connectivity index (χ4n) is 3.83. The lowest BCUT2D eigenvalue weighted by molar-refractivity contribution is 0.0111. The summed E-state index contributed by atoms with van der Waals surface area (Å²) in [5.41, 5.74) is 0.480. The van der Waals surface area contributed by atoms with Crippen LogP contribution in [0.3, 0.4) is 0 Å². The summed E-state index contributed by atoms with van der Waals surface area (Å²) in [6.45, 7) is 14.7. The standard InChI is InChI=1S/C17H34N2O/c1-14(2)12-15(19-8-10-20-11-9-19)13-18-16-6-5-7-17(16,3)4/h14-16,18H,5-13H2,1-4H3. The van der Waals surface area contributed by atoms with Crippen molar-refractivity contribution >= 4 is 0 Å². The fourth-order valence-corrected chi connectivity index (χ4v) is 3.83. The Kier molecular flexibility index (Phi) is 5.88. The molecular formula is C17H34N2O. The summed E-state index contributed by atoms with van der Waals surface area (Å²) in [5.74, 6) is 0.765. The number of morpholine rings is 1. The van der Waals surface area contributed by atoms with Crippen LogP contribution in [0.1, 0.15) is 53.4 Å². The second-order valence-electron chi connectivity index (χ2n) is 7.77. The second kappa shape index (κ2) is 7.24. The molecule has 20 heavy (non-hydrogen) atoms. The van der Waals surface area contributed by atoms with Gasteiger partial charge in [0.1, 0.15) is 0 Å². The van der Waals surface area contributed by atoms with E-state index in [9.17, 15) is 0 Å². The molecule has 2 fully saturated rings. The molecule has 2 aliphatic rings. The van der Waals surface area contributed by atoms with Gasteiger partial charge in [-0.25, -0.2) is 0 Å². The van der Waals surface area contributed by atoms with Crippen LogP contribution in [0.4, 0.5) is 0 Å². The Labute approximate surface area is 125 Å². The third-order valence-electron chi connectivity index (χ3n) is 5.16. The van der Waals surface area contributed by atoms with Crippen LogP contribution in [-0.4, -0.2) is 49.8 Å². The summed E-state index contributed by atoms with van der Waals surface area (Å²) < 4.78 is 5.50. The molecule has 1 N–H and O–H groups in total. The molecule has 0 spiro atoms. The van der Waals surface area contributed by atoms with E-state index in [1.165, 1.54) is 25.7 Å². The lowest BCUT2D eigenvalue weighted by atomic mass is 9.87. The number of rotatable bonds is 6. The van der Waals surface area contributed by atoms with E-state index < -0.39 is 0 Å². The summed E-state index contributed by atoms with van der Waals surface area (Å²) in [4.78, 5) is 2.64. The molecule has 3 heteroatoms. The van der Waals surface area contributed by atoms with Gasteiger partial charge in [-0.2, -0.15) is 0 Å². The summed E-state index contributed by atoms with van der Waals surface area (Å²) >= 11 is 0. The first-order chi connectivity index (χ1) is 9.49. The molecular weight excluding hydrogens is 248 g/mol. The molecule has 3 nitrogen and oxygen atoms in total. The first-order valence-electron chi connectivity index (χ1n) is 8.54. The molecule has 1 aliphatic carbocycles. The average molecular weight is 282 g/mol. The molecule has 0 radical (unpaired) electrons. The predicted molar refractivity (Wildman–Crippen MR) is 85.1 cm³/mol. The van der Waals surface area contributed by atoms with E-state index in [0.29, 0.717) is 17.5 Å². The third-order valence-corrected chi connectivity index (χ3v) is 5.16. The Morgan fingerprint density at radius 2 is 1.95 bits per heavy atom. The molecule has 0 bridgehead atoms. The van der Waals surface area contributed by atoms with Crippen LogP contribution in [0.5, 0.6) is 0 Å². The van der Waals surface area contributed by atoms with E-state index in [1.54, 1.807) is 0 Å². The van der Waals surface area contributed by atoms with Gasteiger partial charge in [0.05, 0.1) is 13.2 Å². The normalized spacial score (nSPS) is 28.9. The molecule has 0 aromatic carbocycles. The molecule has 118 valence electrons. The Bertz CT molecular complexity index is 285. The third kappa shape index (κ3) is 4.44. The van der Waals surface area contributed by atoms with Crippen molar-refractivity contribution in [3.05, 3.63) is 0 Å². The van der Waals surface area contributed by atoms with Crippen molar-refractivity contribution in [2.45, 2.75) is 65.5 Å². The molecule has 2 atom stereocenters. The first-order valence-corrected chi connectivity index (χ1v) is 8.54. The molecule has 2 rings (SSSR count). The zero-order chi connectivity index (χ0) is 14.6. The maximum absolute atomic E-state index is 5.50. The zero-order valence-electron chi connectivity index (χ0n) is 14.0. The summed E-state index contributed by atoms with van der Waals surface area (Å²) in [7, 11) is 0. The SMILES string of the molecule is CC(C)CC(CNC1CCCC1(C)C)N1CCOCC1. The van der Waals surface area contributed by atoms with E-state index >= 15 is 0 Å². The summed E-state index contributed by atoms with van der Waals surface area (Å²) in [6, 6.07) is 1.38. The van der Waals surface area contributed by atoms with E-state index in [0.717, 1.165) is 38.8 Å². The Balaban J connectivity index is 1.86. The molecule has 0 aromatic rings. The van der Waals surface area contributed by atoms with Gasteiger partial charge in [0.15, 0.2) is 0 Å². The average Bonchev–Trinajstić information content (AvgIpc) is 2.74. The molecule has 2 unspecified atom stereocenters. The van der Waals surface area contributed by atoms with Crippen molar-refractivity contribution in [2.24, 2.45) is 11.3 Å². The van der Waals surface area contributed by atoms with E-state index in [1.807, 2.05) is 0 Å². The number of ether oxygens (including phenoxy) is 1. The highest BCUT2D eigenvalue weighted by Crippen LogP contribution is 2.37. The van der Waals surface area contributed by atoms with Gasteiger partial charge in [-0.1, -0.05) is 34.1 Å². The maximum atomic E-state index is 5.50. The molecule has 0 aromatic heterocycles. The van der Waals surface area contributed by atoms with E-state index in [4.69, 9.17) is 4.74 Å².